The molecule has 0 radical (unpaired) electrons. The smallest absolute Gasteiger partial charge is 0.319 e. The van der Waals surface area contributed by atoms with Gasteiger partial charge in [0.2, 0.25) is 0 Å². The number of carbonyl (C=O) groups is 1. The van der Waals surface area contributed by atoms with Crippen molar-refractivity contribution in [2.45, 2.75) is 38.6 Å². The van der Waals surface area contributed by atoms with Crippen LogP contribution in [0.1, 0.15) is 43.0 Å². The second kappa shape index (κ2) is 5.44. The van der Waals surface area contributed by atoms with Crippen molar-refractivity contribution >= 4 is 11.7 Å². The molecular formula is C18H21N3O. The third-order valence-electron chi connectivity index (χ3n) is 4.35. The number of rotatable bonds is 2. The molecule has 0 spiro atoms. The maximum Gasteiger partial charge on any atom is 0.319 e. The number of aryl methyl sites for hydroxylation is 1. The highest BCUT2D eigenvalue weighted by atomic mass is 16.2. The lowest BCUT2D eigenvalue weighted by atomic mass is 9.86. The third-order valence-corrected chi connectivity index (χ3v) is 4.35. The van der Waals surface area contributed by atoms with Gasteiger partial charge in [-0.15, -0.1) is 0 Å². The van der Waals surface area contributed by atoms with Crippen LogP contribution in [0.5, 0.6) is 0 Å². The number of urea groups is 1. The first kappa shape index (κ1) is 14.6. The van der Waals surface area contributed by atoms with E-state index in [1.165, 1.54) is 11.1 Å². The Morgan fingerprint density at radius 2 is 2.05 bits per heavy atom. The second-order valence-corrected chi connectivity index (χ2v) is 6.52. The molecule has 2 amide bonds. The standard InChI is InChI=1S/C18H21N3O/c1-12-11-19-9-8-15(12)20-17(22)21-16-10-18(2,3)14-7-5-4-6-13(14)16/h4-9,11,16H,10H2,1-3H3,(H2,19,20,21,22). The Kier molecular flexibility index (Phi) is 3.61. The minimum atomic E-state index is -0.174. The van der Waals surface area contributed by atoms with Crippen LogP contribution in [0.3, 0.4) is 0 Å². The lowest BCUT2D eigenvalue weighted by molar-refractivity contribution is 0.247. The number of aromatic nitrogens is 1. The maximum absolute atomic E-state index is 12.3. The highest BCUT2D eigenvalue weighted by molar-refractivity contribution is 5.90. The van der Waals surface area contributed by atoms with Crippen molar-refractivity contribution in [1.82, 2.24) is 10.3 Å². The molecule has 114 valence electrons. The van der Waals surface area contributed by atoms with Gasteiger partial charge in [-0.1, -0.05) is 38.1 Å². The molecule has 1 aliphatic rings. The number of nitrogens with one attached hydrogen (secondary N) is 2. The molecule has 0 saturated carbocycles. The Morgan fingerprint density at radius 3 is 2.82 bits per heavy atom. The topological polar surface area (TPSA) is 54.0 Å². The van der Waals surface area contributed by atoms with E-state index >= 15 is 0 Å². The van der Waals surface area contributed by atoms with Gasteiger partial charge in [-0.3, -0.25) is 4.98 Å². The Morgan fingerprint density at radius 1 is 1.27 bits per heavy atom. The lowest BCUT2D eigenvalue weighted by Gasteiger charge is -2.19. The zero-order valence-corrected chi connectivity index (χ0v) is 13.2. The van der Waals surface area contributed by atoms with E-state index in [-0.39, 0.29) is 17.5 Å². The van der Waals surface area contributed by atoms with E-state index in [1.54, 1.807) is 18.5 Å². The molecule has 3 rings (SSSR count). The molecule has 0 bridgehead atoms. The number of pyridine rings is 1. The van der Waals surface area contributed by atoms with Gasteiger partial charge < -0.3 is 10.6 Å². The van der Waals surface area contributed by atoms with E-state index in [4.69, 9.17) is 0 Å². The van der Waals surface area contributed by atoms with Gasteiger partial charge in [-0.25, -0.2) is 4.79 Å². The summed E-state index contributed by atoms with van der Waals surface area (Å²) in [5.41, 5.74) is 4.36. The molecule has 22 heavy (non-hydrogen) atoms. The molecule has 1 aliphatic carbocycles. The number of hydrogen-bond donors (Lipinski definition) is 2. The van der Waals surface area contributed by atoms with Gasteiger partial charge in [-0.2, -0.15) is 0 Å². The van der Waals surface area contributed by atoms with Crippen LogP contribution < -0.4 is 10.6 Å². The summed E-state index contributed by atoms with van der Waals surface area (Å²) in [5.74, 6) is 0. The lowest BCUT2D eigenvalue weighted by Crippen LogP contribution is -2.32. The summed E-state index contributed by atoms with van der Waals surface area (Å²) in [6.45, 7) is 6.37. The Hall–Kier alpha value is -2.36. The van der Waals surface area contributed by atoms with Crippen LogP contribution in [0, 0.1) is 6.92 Å². The van der Waals surface area contributed by atoms with Crippen LogP contribution in [0.25, 0.3) is 0 Å². The first-order valence-electron chi connectivity index (χ1n) is 7.55. The second-order valence-electron chi connectivity index (χ2n) is 6.52. The van der Waals surface area contributed by atoms with Crippen molar-refractivity contribution in [1.29, 1.82) is 0 Å². The normalized spacial score (nSPS) is 18.6. The summed E-state index contributed by atoms with van der Waals surface area (Å²) in [7, 11) is 0. The van der Waals surface area contributed by atoms with Crippen LogP contribution in [0.15, 0.2) is 42.7 Å². The predicted molar refractivity (Wildman–Crippen MR) is 88.0 cm³/mol. The van der Waals surface area contributed by atoms with Gasteiger partial charge in [0.05, 0.1) is 6.04 Å². The Bertz CT molecular complexity index is 709. The van der Waals surface area contributed by atoms with Crippen LogP contribution in [-0.2, 0) is 5.41 Å². The average Bonchev–Trinajstić information content (AvgIpc) is 2.73. The van der Waals surface area contributed by atoms with Gasteiger partial charge in [0.1, 0.15) is 0 Å². The molecule has 4 heteroatoms. The highest BCUT2D eigenvalue weighted by Gasteiger charge is 2.37. The van der Waals surface area contributed by atoms with Gasteiger partial charge >= 0.3 is 6.03 Å². The zero-order valence-electron chi connectivity index (χ0n) is 13.2. The Balaban J connectivity index is 1.75. The first-order valence-corrected chi connectivity index (χ1v) is 7.55. The first-order chi connectivity index (χ1) is 10.5. The number of hydrogen-bond acceptors (Lipinski definition) is 2. The summed E-state index contributed by atoms with van der Waals surface area (Å²) in [6, 6.07) is 10.0. The molecule has 2 aromatic rings. The fourth-order valence-electron chi connectivity index (χ4n) is 3.21. The molecule has 0 aliphatic heterocycles. The van der Waals surface area contributed by atoms with E-state index < -0.39 is 0 Å². The van der Waals surface area contributed by atoms with Gasteiger partial charge in [0, 0.05) is 18.1 Å². The van der Waals surface area contributed by atoms with Gasteiger partial charge in [-0.05, 0) is 41.5 Å². The minimum absolute atomic E-state index is 0.0494. The Labute approximate surface area is 131 Å². The van der Waals surface area contributed by atoms with E-state index in [0.29, 0.717) is 0 Å². The summed E-state index contributed by atoms with van der Waals surface area (Å²) >= 11 is 0. The highest BCUT2D eigenvalue weighted by Crippen LogP contribution is 2.44. The van der Waals surface area contributed by atoms with Gasteiger partial charge in [0.25, 0.3) is 0 Å². The largest absolute Gasteiger partial charge is 0.331 e. The van der Waals surface area contributed by atoms with Crippen molar-refractivity contribution in [3.63, 3.8) is 0 Å². The molecule has 1 heterocycles. The van der Waals surface area contributed by atoms with E-state index in [1.807, 2.05) is 13.0 Å². The zero-order chi connectivity index (χ0) is 15.7. The fourth-order valence-corrected chi connectivity index (χ4v) is 3.21. The molecule has 1 aromatic heterocycles. The molecular weight excluding hydrogens is 274 g/mol. The quantitative estimate of drug-likeness (QED) is 0.882. The number of benzene rings is 1. The summed E-state index contributed by atoms with van der Waals surface area (Å²) in [6.07, 6.45) is 4.33. The molecule has 4 nitrogen and oxygen atoms in total. The molecule has 0 saturated heterocycles. The van der Waals surface area contributed by atoms with Crippen molar-refractivity contribution in [3.8, 4) is 0 Å². The van der Waals surface area contributed by atoms with Crippen molar-refractivity contribution in [2.75, 3.05) is 5.32 Å². The van der Waals surface area contributed by atoms with Gasteiger partial charge in [0.15, 0.2) is 0 Å². The van der Waals surface area contributed by atoms with E-state index in [0.717, 1.165) is 17.7 Å². The number of carbonyl (C=O) groups excluding carboxylic acids is 1. The average molecular weight is 295 g/mol. The van der Waals surface area contributed by atoms with Crippen molar-refractivity contribution in [3.05, 3.63) is 59.4 Å². The summed E-state index contributed by atoms with van der Waals surface area (Å²) in [5, 5.41) is 6.00. The molecule has 1 aromatic carbocycles. The monoisotopic (exact) mass is 295 g/mol. The summed E-state index contributed by atoms with van der Waals surface area (Å²) < 4.78 is 0. The van der Waals surface area contributed by atoms with Crippen LogP contribution in [0.4, 0.5) is 10.5 Å². The molecule has 2 N–H and O–H groups in total. The third kappa shape index (κ3) is 2.69. The number of fused-ring (bicyclic) bond motifs is 1. The molecule has 1 unspecified atom stereocenters. The number of amides is 2. The van der Waals surface area contributed by atoms with Crippen molar-refractivity contribution < 1.29 is 4.79 Å². The van der Waals surface area contributed by atoms with Crippen LogP contribution in [0.2, 0.25) is 0 Å². The minimum Gasteiger partial charge on any atom is -0.331 e. The van der Waals surface area contributed by atoms with Crippen LogP contribution in [-0.4, -0.2) is 11.0 Å². The van der Waals surface area contributed by atoms with Crippen molar-refractivity contribution in [2.24, 2.45) is 0 Å². The van der Waals surface area contributed by atoms with E-state index in [9.17, 15) is 4.79 Å². The number of anilines is 1. The van der Waals surface area contributed by atoms with Crippen LogP contribution >= 0.6 is 0 Å². The fraction of sp³-hybridized carbons (Fsp3) is 0.333. The van der Waals surface area contributed by atoms with E-state index in [2.05, 4.69) is 47.7 Å². The summed E-state index contributed by atoms with van der Waals surface area (Å²) in [4.78, 5) is 16.3. The number of nitrogens with zero attached hydrogens (tertiary/aromatic N) is 1. The molecule has 1 atom stereocenters. The molecule has 0 fully saturated rings. The SMILES string of the molecule is Cc1cnccc1NC(=O)NC1CC(C)(C)c2ccccc21. The maximum atomic E-state index is 12.3. The predicted octanol–water partition coefficient (Wildman–Crippen LogP) is 3.93.